The van der Waals surface area contributed by atoms with E-state index in [4.69, 9.17) is 5.84 Å². The highest BCUT2D eigenvalue weighted by atomic mass is 19.3. The molecule has 1 aromatic carbocycles. The molecule has 1 aromatic rings. The van der Waals surface area contributed by atoms with Crippen LogP contribution in [-0.2, 0) is 0 Å². The van der Waals surface area contributed by atoms with Crippen LogP contribution in [0, 0.1) is 11.7 Å². The molecule has 0 spiro atoms. The van der Waals surface area contributed by atoms with E-state index >= 15 is 0 Å². The molecule has 5 nitrogen and oxygen atoms in total. The summed E-state index contributed by atoms with van der Waals surface area (Å²) in [4.78, 5) is 4.12. The van der Waals surface area contributed by atoms with Gasteiger partial charge < -0.3 is 10.2 Å². The van der Waals surface area contributed by atoms with E-state index in [1.165, 1.54) is 5.01 Å². The van der Waals surface area contributed by atoms with Crippen molar-refractivity contribution >= 4 is 5.69 Å². The Morgan fingerprint density at radius 2 is 1.90 bits per heavy atom. The summed E-state index contributed by atoms with van der Waals surface area (Å²) in [5, 5.41) is 4.59. The van der Waals surface area contributed by atoms with Crippen molar-refractivity contribution in [1.29, 1.82) is 0 Å². The molecule has 29 heavy (non-hydrogen) atoms. The van der Waals surface area contributed by atoms with Crippen LogP contribution in [0.4, 0.5) is 18.9 Å². The van der Waals surface area contributed by atoms with E-state index in [1.807, 2.05) is 17.0 Å². The van der Waals surface area contributed by atoms with E-state index in [0.29, 0.717) is 57.3 Å². The Morgan fingerprint density at radius 3 is 2.55 bits per heavy atom. The summed E-state index contributed by atoms with van der Waals surface area (Å²) >= 11 is 0. The van der Waals surface area contributed by atoms with Crippen molar-refractivity contribution in [2.45, 2.75) is 31.1 Å². The standard InChI is InChI=1S/C21H32F3N5/c22-19-12-16(17-2-1-6-26-13-17)3-4-20(19)28-10-8-27(9-11-28)14-18-5-7-29(25)15-21(18,23)24/h3-4,12,17-18,26H,1-2,5-11,13-15,25H2. The van der Waals surface area contributed by atoms with Gasteiger partial charge in [0.25, 0.3) is 5.92 Å². The zero-order valence-electron chi connectivity index (χ0n) is 16.9. The molecular formula is C21H32F3N5. The molecule has 0 bridgehead atoms. The number of benzene rings is 1. The first-order chi connectivity index (χ1) is 13.9. The number of nitrogens with zero attached hydrogens (tertiary/aromatic N) is 3. The number of hydrogen-bond donors (Lipinski definition) is 2. The Hall–Kier alpha value is -1.35. The topological polar surface area (TPSA) is 47.8 Å². The van der Waals surface area contributed by atoms with Gasteiger partial charge in [-0.25, -0.2) is 18.2 Å². The summed E-state index contributed by atoms with van der Waals surface area (Å²) in [6, 6.07) is 5.62. The highest BCUT2D eigenvalue weighted by molar-refractivity contribution is 5.50. The van der Waals surface area contributed by atoms with Gasteiger partial charge in [0.1, 0.15) is 5.82 Å². The van der Waals surface area contributed by atoms with Gasteiger partial charge in [0, 0.05) is 51.7 Å². The maximum absolute atomic E-state index is 14.8. The molecule has 3 saturated heterocycles. The average Bonchev–Trinajstić information content (AvgIpc) is 2.71. The monoisotopic (exact) mass is 411 g/mol. The van der Waals surface area contributed by atoms with Crippen molar-refractivity contribution in [2.24, 2.45) is 11.8 Å². The van der Waals surface area contributed by atoms with E-state index in [0.717, 1.165) is 31.5 Å². The summed E-state index contributed by atoms with van der Waals surface area (Å²) in [5.74, 6) is 2.35. The SMILES string of the molecule is NN1CCC(CN2CCN(c3ccc(C4CCCNC4)cc3F)CC2)C(F)(F)C1. The second-order valence-electron chi connectivity index (χ2n) is 8.76. The minimum atomic E-state index is -2.75. The first-order valence-electron chi connectivity index (χ1n) is 10.8. The van der Waals surface area contributed by atoms with Crippen molar-refractivity contribution in [3.8, 4) is 0 Å². The average molecular weight is 412 g/mol. The fraction of sp³-hybridized carbons (Fsp3) is 0.714. The maximum Gasteiger partial charge on any atom is 0.265 e. The van der Waals surface area contributed by atoms with Crippen LogP contribution in [0.15, 0.2) is 18.2 Å². The summed E-state index contributed by atoms with van der Waals surface area (Å²) in [7, 11) is 0. The largest absolute Gasteiger partial charge is 0.367 e. The van der Waals surface area contributed by atoms with Crippen LogP contribution in [-0.4, -0.2) is 74.7 Å². The number of alkyl halides is 2. The summed E-state index contributed by atoms with van der Waals surface area (Å²) in [6.07, 6.45) is 2.63. The lowest BCUT2D eigenvalue weighted by molar-refractivity contribution is -0.118. The third-order valence-corrected chi connectivity index (χ3v) is 6.71. The second-order valence-corrected chi connectivity index (χ2v) is 8.76. The molecule has 2 unspecified atom stereocenters. The minimum Gasteiger partial charge on any atom is -0.367 e. The fourth-order valence-corrected chi connectivity index (χ4v) is 4.89. The molecule has 2 atom stereocenters. The van der Waals surface area contributed by atoms with E-state index in [-0.39, 0.29) is 12.4 Å². The number of nitrogens with two attached hydrogens (primary N) is 1. The van der Waals surface area contributed by atoms with Crippen molar-refractivity contribution < 1.29 is 13.2 Å². The molecule has 3 N–H and O–H groups in total. The van der Waals surface area contributed by atoms with E-state index < -0.39 is 11.8 Å². The molecule has 4 rings (SSSR count). The lowest BCUT2D eigenvalue weighted by Crippen LogP contribution is -2.56. The van der Waals surface area contributed by atoms with Gasteiger partial charge in [-0.1, -0.05) is 6.07 Å². The van der Waals surface area contributed by atoms with Gasteiger partial charge in [-0.3, -0.25) is 10.7 Å². The first-order valence-corrected chi connectivity index (χ1v) is 10.8. The molecule has 3 aliphatic rings. The van der Waals surface area contributed by atoms with Crippen molar-refractivity contribution in [3.63, 3.8) is 0 Å². The number of piperazine rings is 1. The molecule has 3 fully saturated rings. The summed E-state index contributed by atoms with van der Waals surface area (Å²) in [6.45, 7) is 5.12. The molecule has 0 radical (unpaired) electrons. The molecular weight excluding hydrogens is 379 g/mol. The number of hydrogen-bond acceptors (Lipinski definition) is 5. The van der Waals surface area contributed by atoms with Gasteiger partial charge in [0.05, 0.1) is 12.2 Å². The van der Waals surface area contributed by atoms with Gasteiger partial charge in [0.15, 0.2) is 0 Å². The Labute approximate surface area is 171 Å². The molecule has 0 saturated carbocycles. The van der Waals surface area contributed by atoms with Gasteiger partial charge >= 0.3 is 0 Å². The highest BCUT2D eigenvalue weighted by Gasteiger charge is 2.44. The van der Waals surface area contributed by atoms with Crippen LogP contribution in [0.5, 0.6) is 0 Å². The number of nitrogens with one attached hydrogen (secondary N) is 1. The number of rotatable bonds is 4. The summed E-state index contributed by atoms with van der Waals surface area (Å²) in [5.41, 5.74) is 1.68. The Balaban J connectivity index is 1.32. The Morgan fingerprint density at radius 1 is 1.10 bits per heavy atom. The molecule has 0 aliphatic carbocycles. The number of piperidine rings is 2. The lowest BCUT2D eigenvalue weighted by atomic mass is 9.91. The van der Waals surface area contributed by atoms with E-state index in [2.05, 4.69) is 10.2 Å². The highest BCUT2D eigenvalue weighted by Crippen LogP contribution is 2.33. The Kier molecular flexibility index (Phi) is 6.34. The van der Waals surface area contributed by atoms with Crippen molar-refractivity contribution in [3.05, 3.63) is 29.6 Å². The molecule has 3 heterocycles. The minimum absolute atomic E-state index is 0.177. The van der Waals surface area contributed by atoms with Crippen LogP contribution in [0.1, 0.15) is 30.7 Å². The fourth-order valence-electron chi connectivity index (χ4n) is 4.89. The maximum atomic E-state index is 14.8. The van der Waals surface area contributed by atoms with Gasteiger partial charge in [-0.15, -0.1) is 0 Å². The number of halogens is 3. The molecule has 8 heteroatoms. The zero-order valence-corrected chi connectivity index (χ0v) is 16.9. The van der Waals surface area contributed by atoms with Crippen LogP contribution in [0.2, 0.25) is 0 Å². The first kappa shape index (κ1) is 20.9. The number of hydrazine groups is 1. The normalized spacial score (nSPS) is 29.2. The zero-order chi connectivity index (χ0) is 20.4. The van der Waals surface area contributed by atoms with Crippen LogP contribution >= 0.6 is 0 Å². The van der Waals surface area contributed by atoms with Crippen molar-refractivity contribution in [1.82, 2.24) is 15.2 Å². The predicted molar refractivity (Wildman–Crippen MR) is 109 cm³/mol. The third-order valence-electron chi connectivity index (χ3n) is 6.71. The lowest BCUT2D eigenvalue weighted by Gasteiger charge is -2.41. The predicted octanol–water partition coefficient (Wildman–Crippen LogP) is 2.25. The quantitative estimate of drug-likeness (QED) is 0.745. The molecule has 0 amide bonds. The van der Waals surface area contributed by atoms with Gasteiger partial charge in [-0.05, 0) is 49.4 Å². The van der Waals surface area contributed by atoms with E-state index in [9.17, 15) is 13.2 Å². The van der Waals surface area contributed by atoms with Crippen LogP contribution in [0.3, 0.4) is 0 Å². The van der Waals surface area contributed by atoms with Crippen molar-refractivity contribution in [2.75, 3.05) is 63.8 Å². The summed E-state index contributed by atoms with van der Waals surface area (Å²) < 4.78 is 43.3. The molecule has 162 valence electrons. The molecule has 3 aliphatic heterocycles. The Bertz CT molecular complexity index is 687. The van der Waals surface area contributed by atoms with Gasteiger partial charge in [0.2, 0.25) is 0 Å². The van der Waals surface area contributed by atoms with Crippen LogP contribution < -0.4 is 16.1 Å². The number of anilines is 1. The molecule has 0 aromatic heterocycles. The smallest absolute Gasteiger partial charge is 0.265 e. The van der Waals surface area contributed by atoms with Crippen LogP contribution in [0.25, 0.3) is 0 Å². The van der Waals surface area contributed by atoms with E-state index in [1.54, 1.807) is 6.07 Å². The van der Waals surface area contributed by atoms with Gasteiger partial charge in [-0.2, -0.15) is 0 Å². The second kappa shape index (κ2) is 8.79. The third kappa shape index (κ3) is 4.87.